The molecule has 2 aromatic rings. The molecule has 0 aliphatic heterocycles. The molecule has 0 radical (unpaired) electrons. The number of phenolic OH excluding ortho intramolecular Hbond substituents is 2. The van der Waals surface area contributed by atoms with E-state index in [9.17, 15) is 20.1 Å². The lowest BCUT2D eigenvalue weighted by molar-refractivity contribution is -0.118. The van der Waals surface area contributed by atoms with Crippen molar-refractivity contribution in [2.45, 2.75) is 6.04 Å². The largest absolute Gasteiger partial charge is 0.507 e. The van der Waals surface area contributed by atoms with Gasteiger partial charge in [0.1, 0.15) is 23.0 Å². The highest BCUT2D eigenvalue weighted by Crippen LogP contribution is 2.32. The lowest BCUT2D eigenvalue weighted by Crippen LogP contribution is -2.45. The molecule has 0 saturated heterocycles. The van der Waals surface area contributed by atoms with Gasteiger partial charge in [0, 0.05) is 0 Å². The Morgan fingerprint density at radius 3 is 1.91 bits per heavy atom. The first-order valence-electron chi connectivity index (χ1n) is 6.65. The minimum absolute atomic E-state index is 0.00906. The topological polar surface area (TPSA) is 102 Å². The SMILES string of the molecule is O=C1C(Nc2ccccc2O)=C(O)C1Nc1ccccc1O. The second-order valence-corrected chi connectivity index (χ2v) is 4.86. The van der Waals surface area contributed by atoms with Crippen LogP contribution in [0.15, 0.2) is 60.0 Å². The monoisotopic (exact) mass is 298 g/mol. The number of aliphatic hydroxyl groups is 1. The van der Waals surface area contributed by atoms with Gasteiger partial charge in [0.15, 0.2) is 6.04 Å². The van der Waals surface area contributed by atoms with Gasteiger partial charge < -0.3 is 26.0 Å². The fraction of sp³-hybridized carbons (Fsp3) is 0.0625. The van der Waals surface area contributed by atoms with E-state index < -0.39 is 6.04 Å². The number of nitrogens with one attached hydrogen (secondary N) is 2. The van der Waals surface area contributed by atoms with Crippen LogP contribution in [0.3, 0.4) is 0 Å². The number of para-hydroxylation sites is 4. The molecule has 0 aromatic heterocycles. The number of ketones is 1. The van der Waals surface area contributed by atoms with E-state index in [1.165, 1.54) is 12.1 Å². The number of benzene rings is 2. The van der Waals surface area contributed by atoms with Gasteiger partial charge in [-0.25, -0.2) is 0 Å². The summed E-state index contributed by atoms with van der Waals surface area (Å²) in [5, 5.41) is 34.8. The van der Waals surface area contributed by atoms with Crippen molar-refractivity contribution in [1.82, 2.24) is 0 Å². The Hall–Kier alpha value is -3.15. The van der Waals surface area contributed by atoms with E-state index in [2.05, 4.69) is 10.6 Å². The maximum Gasteiger partial charge on any atom is 0.212 e. The van der Waals surface area contributed by atoms with E-state index >= 15 is 0 Å². The van der Waals surface area contributed by atoms with Gasteiger partial charge in [-0.15, -0.1) is 0 Å². The summed E-state index contributed by atoms with van der Waals surface area (Å²) in [5.41, 5.74) is 0.710. The molecule has 1 unspecified atom stereocenters. The number of anilines is 2. The zero-order valence-corrected chi connectivity index (χ0v) is 11.4. The van der Waals surface area contributed by atoms with Crippen molar-refractivity contribution in [3.63, 3.8) is 0 Å². The number of rotatable bonds is 4. The van der Waals surface area contributed by atoms with Gasteiger partial charge in [-0.1, -0.05) is 24.3 Å². The molecule has 0 amide bonds. The van der Waals surface area contributed by atoms with Gasteiger partial charge in [-0.05, 0) is 24.3 Å². The van der Waals surface area contributed by atoms with E-state index in [0.29, 0.717) is 11.4 Å². The number of hydrogen-bond donors (Lipinski definition) is 5. The van der Waals surface area contributed by atoms with Crippen molar-refractivity contribution in [2.24, 2.45) is 0 Å². The maximum absolute atomic E-state index is 12.1. The first-order valence-corrected chi connectivity index (χ1v) is 6.65. The molecule has 5 N–H and O–H groups in total. The Kier molecular flexibility index (Phi) is 3.34. The number of hydrogen-bond acceptors (Lipinski definition) is 6. The summed E-state index contributed by atoms with van der Waals surface area (Å²) in [4.78, 5) is 12.1. The van der Waals surface area contributed by atoms with Crippen LogP contribution in [0.5, 0.6) is 11.5 Å². The second-order valence-electron chi connectivity index (χ2n) is 4.86. The van der Waals surface area contributed by atoms with Crippen LogP contribution in [0.1, 0.15) is 0 Å². The van der Waals surface area contributed by atoms with Crippen LogP contribution in [0.2, 0.25) is 0 Å². The predicted molar refractivity (Wildman–Crippen MR) is 81.9 cm³/mol. The Morgan fingerprint density at radius 1 is 0.818 bits per heavy atom. The molecule has 1 aliphatic rings. The smallest absolute Gasteiger partial charge is 0.212 e. The van der Waals surface area contributed by atoms with Crippen molar-refractivity contribution < 1.29 is 20.1 Å². The molecule has 6 heteroatoms. The number of phenols is 2. The Labute approximate surface area is 126 Å². The normalized spacial score (nSPS) is 17.1. The van der Waals surface area contributed by atoms with Gasteiger partial charge in [0.05, 0.1) is 11.4 Å². The highest BCUT2D eigenvalue weighted by Gasteiger charge is 2.40. The highest BCUT2D eigenvalue weighted by atomic mass is 16.3. The summed E-state index contributed by atoms with van der Waals surface area (Å²) in [6, 6.07) is 11.9. The molecular formula is C16H14N2O4. The first kappa shape index (κ1) is 13.8. The van der Waals surface area contributed by atoms with Gasteiger partial charge in [-0.2, -0.15) is 0 Å². The van der Waals surface area contributed by atoms with Crippen LogP contribution < -0.4 is 10.6 Å². The molecule has 112 valence electrons. The van der Waals surface area contributed by atoms with Crippen molar-refractivity contribution in [3.8, 4) is 11.5 Å². The van der Waals surface area contributed by atoms with Crippen molar-refractivity contribution in [1.29, 1.82) is 0 Å². The molecular weight excluding hydrogens is 284 g/mol. The van der Waals surface area contributed by atoms with E-state index in [4.69, 9.17) is 0 Å². The van der Waals surface area contributed by atoms with Gasteiger partial charge in [-0.3, -0.25) is 4.79 Å². The van der Waals surface area contributed by atoms with Crippen LogP contribution in [0, 0.1) is 0 Å². The van der Waals surface area contributed by atoms with Gasteiger partial charge in [0.2, 0.25) is 5.78 Å². The van der Waals surface area contributed by atoms with Crippen molar-refractivity contribution >= 4 is 17.2 Å². The van der Waals surface area contributed by atoms with Crippen LogP contribution in [-0.2, 0) is 4.79 Å². The summed E-state index contributed by atoms with van der Waals surface area (Å²) >= 11 is 0. The summed E-state index contributed by atoms with van der Waals surface area (Å²) < 4.78 is 0. The van der Waals surface area contributed by atoms with Crippen LogP contribution >= 0.6 is 0 Å². The van der Waals surface area contributed by atoms with Crippen LogP contribution in [0.4, 0.5) is 11.4 Å². The van der Waals surface area contributed by atoms with E-state index in [1.807, 2.05) is 0 Å². The van der Waals surface area contributed by atoms with E-state index in [1.54, 1.807) is 36.4 Å². The Balaban J connectivity index is 1.78. The number of carbonyl (C=O) groups is 1. The summed E-state index contributed by atoms with van der Waals surface area (Å²) in [6.07, 6.45) is 0. The molecule has 2 aromatic carbocycles. The van der Waals surface area contributed by atoms with Crippen LogP contribution in [0.25, 0.3) is 0 Å². The van der Waals surface area contributed by atoms with Gasteiger partial charge in [0.25, 0.3) is 0 Å². The van der Waals surface area contributed by atoms with Crippen molar-refractivity contribution in [2.75, 3.05) is 10.6 Å². The Bertz CT molecular complexity index is 770. The quantitative estimate of drug-likeness (QED) is 0.555. The average molecular weight is 298 g/mol. The molecule has 3 rings (SSSR count). The number of aromatic hydroxyl groups is 2. The highest BCUT2D eigenvalue weighted by molar-refractivity contribution is 6.12. The molecule has 6 nitrogen and oxygen atoms in total. The first-order chi connectivity index (χ1) is 10.6. The summed E-state index contributed by atoms with van der Waals surface area (Å²) in [6.45, 7) is 0. The number of aliphatic hydroxyl groups excluding tert-OH is 1. The maximum atomic E-state index is 12.1. The molecule has 0 saturated carbocycles. The predicted octanol–water partition coefficient (Wildman–Crippen LogP) is 2.34. The van der Waals surface area contributed by atoms with Crippen molar-refractivity contribution in [3.05, 3.63) is 60.0 Å². The standard InChI is InChI=1S/C16H14N2O4/c19-11-7-3-1-5-9(11)17-13-15(21)14(16(13)22)18-10-6-2-4-8-12(10)20/h1-8,13,17-21H. The third-order valence-electron chi connectivity index (χ3n) is 3.41. The van der Waals surface area contributed by atoms with E-state index in [-0.39, 0.29) is 28.7 Å². The Morgan fingerprint density at radius 2 is 1.36 bits per heavy atom. The average Bonchev–Trinajstić information content (AvgIpc) is 2.53. The molecule has 0 heterocycles. The minimum Gasteiger partial charge on any atom is -0.507 e. The molecule has 1 atom stereocenters. The zero-order chi connectivity index (χ0) is 15.7. The zero-order valence-electron chi connectivity index (χ0n) is 11.4. The summed E-state index contributed by atoms with van der Waals surface area (Å²) in [7, 11) is 0. The third kappa shape index (κ3) is 2.31. The lowest BCUT2D eigenvalue weighted by atomic mass is 9.93. The lowest BCUT2D eigenvalue weighted by Gasteiger charge is -2.29. The number of carbonyl (C=O) groups excluding carboxylic acids is 1. The van der Waals surface area contributed by atoms with Crippen LogP contribution in [-0.4, -0.2) is 27.1 Å². The number of Topliss-reactive ketones (excluding diaryl/α,β-unsaturated/α-hetero) is 1. The molecule has 0 bridgehead atoms. The second kappa shape index (κ2) is 5.33. The third-order valence-corrected chi connectivity index (χ3v) is 3.41. The summed E-state index contributed by atoms with van der Waals surface area (Å²) in [5.74, 6) is -0.557. The molecule has 0 fully saturated rings. The minimum atomic E-state index is -0.915. The molecule has 1 aliphatic carbocycles. The fourth-order valence-electron chi connectivity index (χ4n) is 2.19. The molecule has 22 heavy (non-hydrogen) atoms. The fourth-order valence-corrected chi connectivity index (χ4v) is 2.19. The van der Waals surface area contributed by atoms with E-state index in [0.717, 1.165) is 0 Å². The molecule has 0 spiro atoms. The van der Waals surface area contributed by atoms with Gasteiger partial charge >= 0.3 is 0 Å².